The van der Waals surface area contributed by atoms with Gasteiger partial charge in [0.15, 0.2) is 6.79 Å². The van der Waals surface area contributed by atoms with Crippen LogP contribution in [0, 0.1) is 32.3 Å². The van der Waals surface area contributed by atoms with E-state index < -0.39 is 6.79 Å². The fourth-order valence-corrected chi connectivity index (χ4v) is 0.0264. The van der Waals surface area contributed by atoms with Gasteiger partial charge in [-0.1, -0.05) is 6.47 Å². The monoisotopic (exact) mass is 349 g/mol. The summed E-state index contributed by atoms with van der Waals surface area (Å²) in [5.41, 5.74) is 0. The maximum absolute atomic E-state index is 8.90. The number of hydrogen-bond donors (Lipinski definition) is 1. The van der Waals surface area contributed by atoms with E-state index in [1.54, 1.807) is 0 Å². The van der Waals surface area contributed by atoms with Crippen molar-refractivity contribution in [1.29, 1.82) is 0 Å². The molecule has 0 aromatic heterocycles. The summed E-state index contributed by atoms with van der Waals surface area (Å²) in [4.78, 5) is 17.6. The Morgan fingerprint density at radius 1 is 1.56 bits per heavy atom. The van der Waals surface area contributed by atoms with E-state index in [9.17, 15) is 0 Å². The molecule has 0 aromatic carbocycles. The quantitative estimate of drug-likeness (QED) is 0.521. The van der Waals surface area contributed by atoms with Crippen molar-refractivity contribution in [2.24, 2.45) is 0 Å². The van der Waals surface area contributed by atoms with Gasteiger partial charge in [-0.25, -0.2) is 0 Å². The molecule has 0 spiro atoms. The summed E-state index contributed by atoms with van der Waals surface area (Å²) >= 11 is 0. The third-order valence-corrected chi connectivity index (χ3v) is 0.123. The van der Waals surface area contributed by atoms with E-state index >= 15 is 0 Å². The van der Waals surface area contributed by atoms with Gasteiger partial charge in [-0.2, -0.15) is 6.92 Å². The molecule has 0 aromatic rings. The Morgan fingerprint density at radius 3 is 1.89 bits per heavy atom. The van der Waals surface area contributed by atoms with Gasteiger partial charge in [-0.15, -0.1) is 0 Å². The third-order valence-electron chi connectivity index (χ3n) is 0.123. The summed E-state index contributed by atoms with van der Waals surface area (Å²) in [5.74, 6) is 0. The number of hydrogen-bond acceptors (Lipinski definition) is 4. The molecule has 9 heavy (non-hydrogen) atoms. The predicted molar refractivity (Wildman–Crippen MR) is 25.2 cm³/mol. The Balaban J connectivity index is -0.0000000800. The average Bonchev–Trinajstić information content (AvgIpc) is 1.71. The maximum Gasteiger partial charge on any atom is 0.152 e. The first-order valence-electron chi connectivity index (χ1n) is 1.72. The Kier molecular flexibility index (Phi) is 43.1. The Morgan fingerprint density at radius 2 is 1.89 bits per heavy atom. The van der Waals surface area contributed by atoms with E-state index in [0.717, 1.165) is 6.47 Å². The van der Waals surface area contributed by atoms with E-state index in [1.807, 2.05) is 0 Å². The summed E-state index contributed by atoms with van der Waals surface area (Å²) in [6.45, 7) is 1.76. The van der Waals surface area contributed by atoms with Crippen molar-refractivity contribution in [3.8, 4) is 0 Å². The van der Waals surface area contributed by atoms with Gasteiger partial charge in [0.25, 0.3) is 0 Å². The zero-order chi connectivity index (χ0) is 6.83. The van der Waals surface area contributed by atoms with Crippen molar-refractivity contribution < 1.29 is 51.7 Å². The molecule has 0 heterocycles. The third kappa shape index (κ3) is 65.4. The van der Waals surface area contributed by atoms with Crippen LogP contribution in [0.3, 0.4) is 0 Å². The molecule has 0 unspecified atom stereocenters. The zero-order valence-corrected chi connectivity index (χ0v) is 9.76. The second kappa shape index (κ2) is 24.1. The van der Waals surface area contributed by atoms with Crippen LogP contribution >= 0.6 is 0 Å². The second-order valence-corrected chi connectivity index (χ2v) is 0.561. The van der Waals surface area contributed by atoms with E-state index in [2.05, 4.69) is 4.74 Å². The van der Waals surface area contributed by atoms with Crippen LogP contribution in [0.25, 0.3) is 0 Å². The molecule has 0 amide bonds. The molecular weight excluding hydrogens is 343 g/mol. The number of aliphatic hydroxyl groups is 1. The average molecular weight is 349 g/mol. The Hall–Kier alpha value is 0.191. The van der Waals surface area contributed by atoms with E-state index in [1.165, 1.54) is 13.2 Å². The van der Waals surface area contributed by atoms with E-state index in [4.69, 9.17) is 14.7 Å². The van der Waals surface area contributed by atoms with Crippen molar-refractivity contribution in [2.75, 3.05) is 6.79 Å². The van der Waals surface area contributed by atoms with Crippen LogP contribution in [0.15, 0.2) is 0 Å². The fourth-order valence-electron chi connectivity index (χ4n) is 0.0264. The van der Waals surface area contributed by atoms with Crippen molar-refractivity contribution in [3.05, 3.63) is 0 Å². The number of aliphatic hydroxyl groups excluding tert-OH is 1. The number of carbonyl (C=O) groups excluding carboxylic acids is 2. The van der Waals surface area contributed by atoms with Crippen molar-refractivity contribution in [2.45, 2.75) is 6.92 Å². The number of rotatable bonds is 2. The predicted octanol–water partition coefficient (Wildman–Crippen LogP) is -0.864. The van der Waals surface area contributed by atoms with Crippen LogP contribution in [0.5, 0.6) is 0 Å². The van der Waals surface area contributed by atoms with Crippen LogP contribution < -0.4 is 0 Å². The Labute approximate surface area is 78.1 Å². The fraction of sp³-hybridized carbons (Fsp3) is 0.500. The summed E-state index contributed by atoms with van der Waals surface area (Å²) in [6, 6.07) is 0. The molecule has 51 valence electrons. The molecule has 0 aliphatic rings. The van der Waals surface area contributed by atoms with Crippen LogP contribution in [0.1, 0.15) is 6.92 Å². The first-order chi connectivity index (χ1) is 3.83. The summed E-state index contributed by atoms with van der Waals surface area (Å²) in [5, 5.41) is 7.58. The van der Waals surface area contributed by atoms with Gasteiger partial charge in [0.05, 0.1) is 0 Å². The maximum atomic E-state index is 8.90. The van der Waals surface area contributed by atoms with Crippen LogP contribution in [-0.2, 0) is 14.3 Å². The van der Waals surface area contributed by atoms with Crippen LogP contribution in [0.2, 0.25) is 0 Å². The summed E-state index contributed by atoms with van der Waals surface area (Å²) in [6.07, 6.45) is 1.50. The Bertz CT molecular complexity index is 56.5. The molecule has 4 nitrogen and oxygen atoms in total. The molecule has 0 bridgehead atoms. The molecule has 0 saturated carbocycles. The first-order valence-corrected chi connectivity index (χ1v) is 1.72. The molecule has 0 fully saturated rings. The van der Waals surface area contributed by atoms with Gasteiger partial charge in [-0.3, -0.25) is 6.29 Å². The smallest absolute Gasteiger partial charge is 0.152 e. The molecule has 5 heteroatoms. The van der Waals surface area contributed by atoms with Gasteiger partial charge in [0.1, 0.15) is 0 Å². The summed E-state index contributed by atoms with van der Waals surface area (Å²) < 4.78 is 3.58. The summed E-state index contributed by atoms with van der Waals surface area (Å²) in [7, 11) is 0. The molecule has 0 aliphatic heterocycles. The van der Waals surface area contributed by atoms with Gasteiger partial charge in [-0.05, 0) is 0 Å². The zero-order valence-electron chi connectivity index (χ0n) is 4.96. The molecule has 0 aliphatic carbocycles. The van der Waals surface area contributed by atoms with Crippen LogP contribution in [-0.4, -0.2) is 24.7 Å². The van der Waals surface area contributed by atoms with Gasteiger partial charge in [0, 0.05) is 32.3 Å². The molecular formula is C4H6O4Pa-2. The molecule has 1 N–H and O–H groups in total. The molecule has 0 atom stereocenters. The minimum absolute atomic E-state index is 0. The minimum Gasteiger partial charge on any atom is -0.634 e. The van der Waals surface area contributed by atoms with Crippen molar-refractivity contribution >= 4 is 12.8 Å². The minimum atomic E-state index is -0.580. The molecule has 1 radical (unpaired) electrons. The van der Waals surface area contributed by atoms with Crippen LogP contribution in [0.4, 0.5) is 0 Å². The van der Waals surface area contributed by atoms with E-state index in [-0.39, 0.29) is 32.3 Å². The molecule has 0 saturated heterocycles. The largest absolute Gasteiger partial charge is 0.634 e. The van der Waals surface area contributed by atoms with E-state index in [0.29, 0.717) is 0 Å². The molecule has 0 rings (SSSR count). The first kappa shape index (κ1) is 16.1. The van der Waals surface area contributed by atoms with Gasteiger partial charge in [0.2, 0.25) is 0 Å². The van der Waals surface area contributed by atoms with Gasteiger partial charge < -0.3 is 19.4 Å². The van der Waals surface area contributed by atoms with Gasteiger partial charge >= 0.3 is 0 Å². The second-order valence-electron chi connectivity index (χ2n) is 0.561. The van der Waals surface area contributed by atoms with Crippen molar-refractivity contribution in [1.82, 2.24) is 0 Å². The van der Waals surface area contributed by atoms with Crippen molar-refractivity contribution in [3.63, 3.8) is 0 Å². The number of ether oxygens (including phenoxy) is 1. The topological polar surface area (TPSA) is 63.6 Å². The standard InChI is InChI=1S/C2H3O3.C2H3O.Pa/c3-1-5-2-4;1-2-3;/h3H,1H2;1H3;/q2*-1;. The normalized spacial score (nSPS) is 5.11. The SMILES string of the molecule is C[C-]=O.O=[C-]OCO.[Pa].